The molecule has 0 aromatic heterocycles. The fourth-order valence-corrected chi connectivity index (χ4v) is 2.60. The van der Waals surface area contributed by atoms with Gasteiger partial charge in [-0.25, -0.2) is 0 Å². The molecule has 4 heteroatoms. The van der Waals surface area contributed by atoms with Gasteiger partial charge >= 0.3 is 0 Å². The minimum atomic E-state index is 0.361. The molecule has 1 unspecified atom stereocenters. The lowest BCUT2D eigenvalue weighted by Crippen LogP contribution is -2.48. The first-order valence-corrected chi connectivity index (χ1v) is 6.27. The van der Waals surface area contributed by atoms with Crippen molar-refractivity contribution in [1.29, 1.82) is 0 Å². The summed E-state index contributed by atoms with van der Waals surface area (Å²) >= 11 is 6.20. The van der Waals surface area contributed by atoms with E-state index < -0.39 is 0 Å². The molecule has 0 spiro atoms. The largest absolute Gasteiger partial charge is 0.495 e. The molecule has 94 valence electrons. The van der Waals surface area contributed by atoms with Crippen molar-refractivity contribution < 1.29 is 4.74 Å². The lowest BCUT2D eigenvalue weighted by molar-refractivity contribution is 0.267. The summed E-state index contributed by atoms with van der Waals surface area (Å²) in [6.45, 7) is 4.23. The van der Waals surface area contributed by atoms with Gasteiger partial charge in [-0.15, -0.1) is 0 Å². The number of hydrogen-bond acceptors (Lipinski definition) is 3. The van der Waals surface area contributed by atoms with E-state index in [9.17, 15) is 0 Å². The zero-order valence-corrected chi connectivity index (χ0v) is 11.3. The topological polar surface area (TPSA) is 33.3 Å². The maximum Gasteiger partial charge on any atom is 0.137 e. The molecule has 1 aromatic rings. The number of rotatable bonds is 4. The van der Waals surface area contributed by atoms with Crippen LogP contribution < -0.4 is 15.4 Å². The van der Waals surface area contributed by atoms with Gasteiger partial charge in [-0.3, -0.25) is 0 Å². The normalized spacial score (nSPS) is 17.6. The average Bonchev–Trinajstić information content (AvgIpc) is 2.26. The van der Waals surface area contributed by atoms with Crippen LogP contribution in [0, 0.1) is 12.8 Å². The maximum atomic E-state index is 6.20. The molecule has 1 heterocycles. The first-order chi connectivity index (χ1) is 8.17. The van der Waals surface area contributed by atoms with Gasteiger partial charge < -0.3 is 15.4 Å². The van der Waals surface area contributed by atoms with Crippen LogP contribution in [-0.2, 0) is 0 Å². The Labute approximate surface area is 107 Å². The molecule has 1 atom stereocenters. The number of nitrogens with one attached hydrogen (secondary N) is 2. The van der Waals surface area contributed by atoms with Crippen LogP contribution in [0.1, 0.15) is 17.2 Å². The van der Waals surface area contributed by atoms with Crippen LogP contribution in [0.2, 0.25) is 5.02 Å². The number of methoxy groups -OCH3 is 1. The molecule has 1 aliphatic heterocycles. The SMILES string of the molecule is CNC(c1cc(Cl)c(OC)cc1C)C1CNC1. The summed E-state index contributed by atoms with van der Waals surface area (Å²) < 4.78 is 5.23. The van der Waals surface area contributed by atoms with Crippen molar-refractivity contribution >= 4 is 11.6 Å². The van der Waals surface area contributed by atoms with Crippen LogP contribution in [-0.4, -0.2) is 27.2 Å². The van der Waals surface area contributed by atoms with Gasteiger partial charge in [0.1, 0.15) is 5.75 Å². The Hall–Kier alpha value is -0.770. The second kappa shape index (κ2) is 5.25. The van der Waals surface area contributed by atoms with Crippen molar-refractivity contribution in [3.05, 3.63) is 28.3 Å². The van der Waals surface area contributed by atoms with Crippen molar-refractivity contribution in [2.45, 2.75) is 13.0 Å². The van der Waals surface area contributed by atoms with Gasteiger partial charge in [-0.2, -0.15) is 0 Å². The van der Waals surface area contributed by atoms with Gasteiger partial charge in [0.25, 0.3) is 0 Å². The first kappa shape index (κ1) is 12.7. The Morgan fingerprint density at radius 1 is 1.47 bits per heavy atom. The van der Waals surface area contributed by atoms with E-state index in [1.165, 1.54) is 11.1 Å². The molecule has 0 amide bonds. The van der Waals surface area contributed by atoms with Gasteiger partial charge in [-0.05, 0) is 37.2 Å². The van der Waals surface area contributed by atoms with E-state index in [4.69, 9.17) is 16.3 Å². The van der Waals surface area contributed by atoms with Gasteiger partial charge in [-0.1, -0.05) is 11.6 Å². The predicted molar refractivity (Wildman–Crippen MR) is 70.9 cm³/mol. The van der Waals surface area contributed by atoms with Crippen molar-refractivity contribution in [2.75, 3.05) is 27.2 Å². The van der Waals surface area contributed by atoms with Crippen molar-refractivity contribution in [3.63, 3.8) is 0 Å². The molecule has 2 N–H and O–H groups in total. The minimum Gasteiger partial charge on any atom is -0.495 e. The number of ether oxygens (including phenoxy) is 1. The molecule has 0 saturated carbocycles. The number of benzene rings is 1. The van der Waals surface area contributed by atoms with E-state index in [0.717, 1.165) is 18.8 Å². The number of hydrogen-bond donors (Lipinski definition) is 2. The molecule has 3 nitrogen and oxygen atoms in total. The van der Waals surface area contributed by atoms with E-state index in [0.29, 0.717) is 17.0 Å². The molecule has 17 heavy (non-hydrogen) atoms. The summed E-state index contributed by atoms with van der Waals surface area (Å²) in [4.78, 5) is 0. The summed E-state index contributed by atoms with van der Waals surface area (Å²) in [5.74, 6) is 1.39. The molecule has 1 aliphatic rings. The average molecular weight is 255 g/mol. The third kappa shape index (κ3) is 2.41. The molecule has 0 bridgehead atoms. The minimum absolute atomic E-state index is 0.361. The highest BCUT2D eigenvalue weighted by Gasteiger charge is 2.28. The van der Waals surface area contributed by atoms with Crippen LogP contribution >= 0.6 is 11.6 Å². The van der Waals surface area contributed by atoms with E-state index in [2.05, 4.69) is 17.6 Å². The van der Waals surface area contributed by atoms with Gasteiger partial charge in [0.15, 0.2) is 0 Å². The molecule has 1 aromatic carbocycles. The molecular formula is C13H19ClN2O. The highest BCUT2D eigenvalue weighted by atomic mass is 35.5. The first-order valence-electron chi connectivity index (χ1n) is 5.89. The van der Waals surface area contributed by atoms with Gasteiger partial charge in [0.2, 0.25) is 0 Å². The number of halogens is 1. The smallest absolute Gasteiger partial charge is 0.137 e. The standard InChI is InChI=1S/C13H19ClN2O/c1-8-4-12(17-3)11(14)5-10(8)13(15-2)9-6-16-7-9/h4-5,9,13,15-16H,6-7H2,1-3H3. The highest BCUT2D eigenvalue weighted by Crippen LogP contribution is 2.34. The summed E-state index contributed by atoms with van der Waals surface area (Å²) in [6.07, 6.45) is 0. The zero-order valence-electron chi connectivity index (χ0n) is 10.5. The molecule has 0 radical (unpaired) electrons. The number of aryl methyl sites for hydroxylation is 1. The van der Waals surface area contributed by atoms with Crippen LogP contribution in [0.3, 0.4) is 0 Å². The van der Waals surface area contributed by atoms with Crippen LogP contribution in [0.25, 0.3) is 0 Å². The lowest BCUT2D eigenvalue weighted by Gasteiger charge is -2.35. The second-order valence-corrected chi connectivity index (χ2v) is 4.94. The zero-order chi connectivity index (χ0) is 12.4. The fraction of sp³-hybridized carbons (Fsp3) is 0.538. The summed E-state index contributed by atoms with van der Waals surface area (Å²) in [5.41, 5.74) is 2.49. The Morgan fingerprint density at radius 2 is 2.18 bits per heavy atom. The Bertz CT molecular complexity index is 405. The summed E-state index contributed by atoms with van der Waals surface area (Å²) in [6, 6.07) is 4.39. The summed E-state index contributed by atoms with van der Waals surface area (Å²) in [5, 5.41) is 7.37. The third-order valence-corrected chi connectivity index (χ3v) is 3.77. The Balaban J connectivity index is 2.32. The predicted octanol–water partition coefficient (Wildman–Crippen LogP) is 2.14. The molecule has 0 aliphatic carbocycles. The second-order valence-electron chi connectivity index (χ2n) is 4.53. The van der Waals surface area contributed by atoms with Gasteiger partial charge in [0.05, 0.1) is 12.1 Å². The van der Waals surface area contributed by atoms with Crippen molar-refractivity contribution in [1.82, 2.24) is 10.6 Å². The van der Waals surface area contributed by atoms with Gasteiger partial charge in [0, 0.05) is 25.0 Å². The highest BCUT2D eigenvalue weighted by molar-refractivity contribution is 6.32. The molecule has 1 saturated heterocycles. The van der Waals surface area contributed by atoms with Crippen LogP contribution in [0.4, 0.5) is 0 Å². The van der Waals surface area contributed by atoms with E-state index in [-0.39, 0.29) is 0 Å². The third-order valence-electron chi connectivity index (χ3n) is 3.47. The maximum absolute atomic E-state index is 6.20. The van der Waals surface area contributed by atoms with E-state index in [1.54, 1.807) is 7.11 Å². The quantitative estimate of drug-likeness (QED) is 0.864. The Morgan fingerprint density at radius 3 is 2.65 bits per heavy atom. The van der Waals surface area contributed by atoms with Crippen LogP contribution in [0.5, 0.6) is 5.75 Å². The van der Waals surface area contributed by atoms with Crippen molar-refractivity contribution in [2.24, 2.45) is 5.92 Å². The summed E-state index contributed by atoms with van der Waals surface area (Å²) in [7, 11) is 3.65. The molecular weight excluding hydrogens is 236 g/mol. The van der Waals surface area contributed by atoms with Crippen molar-refractivity contribution in [3.8, 4) is 5.75 Å². The monoisotopic (exact) mass is 254 g/mol. The van der Waals surface area contributed by atoms with Crippen LogP contribution in [0.15, 0.2) is 12.1 Å². The van der Waals surface area contributed by atoms with E-state index in [1.807, 2.05) is 19.2 Å². The Kier molecular flexibility index (Phi) is 3.92. The lowest BCUT2D eigenvalue weighted by atomic mass is 9.86. The molecule has 2 rings (SSSR count). The molecule has 1 fully saturated rings. The van der Waals surface area contributed by atoms with E-state index >= 15 is 0 Å². The fourth-order valence-electron chi connectivity index (χ4n) is 2.35.